The van der Waals surface area contributed by atoms with Gasteiger partial charge in [-0.25, -0.2) is 22.7 Å². The lowest BCUT2D eigenvalue weighted by Gasteiger charge is -2.10. The molecule has 0 radical (unpaired) electrons. The topological polar surface area (TPSA) is 126 Å². The summed E-state index contributed by atoms with van der Waals surface area (Å²) in [5, 5.41) is 0. The fourth-order valence-corrected chi connectivity index (χ4v) is 4.61. The van der Waals surface area contributed by atoms with Crippen LogP contribution in [0, 0.1) is 6.92 Å². The van der Waals surface area contributed by atoms with E-state index in [0.29, 0.717) is 11.4 Å². The second-order valence-electron chi connectivity index (χ2n) is 7.42. The molecule has 1 atom stereocenters. The van der Waals surface area contributed by atoms with Gasteiger partial charge >= 0.3 is 11.9 Å². The molecule has 1 N–H and O–H groups in total. The molecule has 33 heavy (non-hydrogen) atoms. The van der Waals surface area contributed by atoms with Crippen LogP contribution in [0.1, 0.15) is 22.5 Å². The van der Waals surface area contributed by atoms with Gasteiger partial charge in [0.25, 0.3) is 15.6 Å². The lowest BCUT2D eigenvalue weighted by atomic mass is 10.2. The summed E-state index contributed by atoms with van der Waals surface area (Å²) in [4.78, 5) is 36.7. The van der Waals surface area contributed by atoms with Gasteiger partial charge < -0.3 is 9.47 Å². The van der Waals surface area contributed by atoms with Crippen LogP contribution in [0.4, 0.5) is 5.69 Å². The van der Waals surface area contributed by atoms with Crippen LogP contribution in [0.5, 0.6) is 0 Å². The van der Waals surface area contributed by atoms with Gasteiger partial charge in [0.1, 0.15) is 5.69 Å². The predicted octanol–water partition coefficient (Wildman–Crippen LogP) is 1.76. The van der Waals surface area contributed by atoms with Crippen molar-refractivity contribution in [3.05, 3.63) is 76.2 Å². The first-order valence-corrected chi connectivity index (χ1v) is 11.5. The fourth-order valence-electron chi connectivity index (χ4n) is 3.45. The number of para-hydroxylation sites is 1. The molecule has 2 aromatic carbocycles. The molecule has 1 aromatic heterocycles. The molecule has 1 aliphatic rings. The van der Waals surface area contributed by atoms with Gasteiger partial charge in [-0.15, -0.1) is 0 Å². The Hall–Kier alpha value is -3.86. The Bertz CT molecular complexity index is 1390. The van der Waals surface area contributed by atoms with E-state index in [2.05, 4.69) is 4.72 Å². The molecule has 10 nitrogen and oxygen atoms in total. The van der Waals surface area contributed by atoms with Crippen LogP contribution < -0.4 is 10.3 Å². The highest BCUT2D eigenvalue weighted by atomic mass is 32.2. The maximum Gasteiger partial charge on any atom is 0.347 e. The molecule has 0 amide bonds. The standard InChI is InChI=1S/C22H21N3O7S/c1-14-19(20(26)25(24(14)2)16-8-4-3-5-9-16)23-33(29,30)17-10-6-7-15(13-17)21(27)32-18-11-12-31-22(18)28/h3-10,13,18,23H,11-12H2,1-2H3. The van der Waals surface area contributed by atoms with Gasteiger partial charge in [-0.3, -0.25) is 14.2 Å². The van der Waals surface area contributed by atoms with E-state index in [1.807, 2.05) is 6.07 Å². The lowest BCUT2D eigenvalue weighted by Crippen LogP contribution is -2.24. The Balaban J connectivity index is 1.63. The van der Waals surface area contributed by atoms with E-state index in [1.165, 1.54) is 22.9 Å². The molecule has 1 saturated heterocycles. The maximum absolute atomic E-state index is 13.0. The summed E-state index contributed by atoms with van der Waals surface area (Å²) in [6.45, 7) is 1.78. The zero-order valence-corrected chi connectivity index (χ0v) is 18.7. The average molecular weight is 471 g/mol. The van der Waals surface area contributed by atoms with E-state index in [4.69, 9.17) is 9.47 Å². The summed E-state index contributed by atoms with van der Waals surface area (Å²) in [6, 6.07) is 14.0. The van der Waals surface area contributed by atoms with Crippen LogP contribution in [0.15, 0.2) is 64.3 Å². The number of esters is 2. The van der Waals surface area contributed by atoms with Crippen molar-refractivity contribution in [2.75, 3.05) is 11.3 Å². The molecule has 1 unspecified atom stereocenters. The average Bonchev–Trinajstić information content (AvgIpc) is 3.30. The number of rotatable bonds is 6. The van der Waals surface area contributed by atoms with Gasteiger partial charge in [-0.05, 0) is 37.3 Å². The molecule has 11 heteroatoms. The van der Waals surface area contributed by atoms with Crippen molar-refractivity contribution >= 4 is 27.6 Å². The Morgan fingerprint density at radius 2 is 1.85 bits per heavy atom. The number of carbonyl (C=O) groups excluding carboxylic acids is 2. The zero-order valence-electron chi connectivity index (χ0n) is 17.8. The Morgan fingerprint density at radius 1 is 1.12 bits per heavy atom. The van der Waals surface area contributed by atoms with Crippen LogP contribution in [-0.2, 0) is 31.3 Å². The van der Waals surface area contributed by atoms with Gasteiger partial charge in [0, 0.05) is 13.5 Å². The number of aromatic nitrogens is 2. The molecular weight excluding hydrogens is 450 g/mol. The molecule has 0 saturated carbocycles. The highest BCUT2D eigenvalue weighted by Crippen LogP contribution is 2.21. The number of hydrogen-bond donors (Lipinski definition) is 1. The molecular formula is C22H21N3O7S. The first-order valence-electron chi connectivity index (χ1n) is 10.0. The third-order valence-corrected chi connectivity index (χ3v) is 6.65. The zero-order chi connectivity index (χ0) is 23.8. The highest BCUT2D eigenvalue weighted by molar-refractivity contribution is 7.92. The van der Waals surface area contributed by atoms with E-state index in [-0.39, 0.29) is 29.2 Å². The SMILES string of the molecule is Cc1c(NS(=O)(=O)c2cccc(C(=O)OC3CCOC3=O)c2)c(=O)n(-c2ccccc2)n1C. The molecule has 172 valence electrons. The lowest BCUT2D eigenvalue weighted by molar-refractivity contribution is -0.145. The number of sulfonamides is 1. The molecule has 4 rings (SSSR count). The highest BCUT2D eigenvalue weighted by Gasteiger charge is 2.31. The second kappa shape index (κ2) is 8.58. The van der Waals surface area contributed by atoms with E-state index in [9.17, 15) is 22.8 Å². The molecule has 0 bridgehead atoms. The smallest absolute Gasteiger partial charge is 0.347 e. The summed E-state index contributed by atoms with van der Waals surface area (Å²) in [5.41, 5.74) is 0.281. The van der Waals surface area contributed by atoms with E-state index >= 15 is 0 Å². The van der Waals surface area contributed by atoms with Crippen molar-refractivity contribution in [3.8, 4) is 5.69 Å². The maximum atomic E-state index is 13.0. The fraction of sp³-hybridized carbons (Fsp3) is 0.227. The van der Waals surface area contributed by atoms with Gasteiger partial charge in [-0.1, -0.05) is 24.3 Å². The van der Waals surface area contributed by atoms with E-state index in [0.717, 1.165) is 6.07 Å². The minimum Gasteiger partial charge on any atom is -0.463 e. The summed E-state index contributed by atoms with van der Waals surface area (Å²) < 4.78 is 41.2. The molecule has 2 heterocycles. The first-order chi connectivity index (χ1) is 15.7. The van der Waals surface area contributed by atoms with Gasteiger partial charge in [0.2, 0.25) is 6.10 Å². The van der Waals surface area contributed by atoms with Crippen LogP contribution >= 0.6 is 0 Å². The number of carbonyl (C=O) groups is 2. The third-order valence-electron chi connectivity index (χ3n) is 5.31. The quantitative estimate of drug-likeness (QED) is 0.543. The number of benzene rings is 2. The molecule has 0 spiro atoms. The third kappa shape index (κ3) is 4.27. The summed E-state index contributed by atoms with van der Waals surface area (Å²) >= 11 is 0. The van der Waals surface area contributed by atoms with Gasteiger partial charge in [0.05, 0.1) is 28.4 Å². The van der Waals surface area contributed by atoms with Gasteiger partial charge in [0.15, 0.2) is 0 Å². The van der Waals surface area contributed by atoms with Crippen molar-refractivity contribution in [2.24, 2.45) is 7.05 Å². The first kappa shape index (κ1) is 22.3. The minimum atomic E-state index is -4.21. The van der Waals surface area contributed by atoms with Gasteiger partial charge in [-0.2, -0.15) is 0 Å². The molecule has 3 aromatic rings. The number of nitrogens with zero attached hydrogens (tertiary/aromatic N) is 2. The number of hydrogen-bond acceptors (Lipinski definition) is 7. The Kier molecular flexibility index (Phi) is 5.81. The Morgan fingerprint density at radius 3 is 2.52 bits per heavy atom. The molecule has 1 aliphatic heterocycles. The summed E-state index contributed by atoms with van der Waals surface area (Å²) in [5.74, 6) is -1.48. The van der Waals surface area contributed by atoms with Crippen LogP contribution in [0.3, 0.4) is 0 Å². The largest absolute Gasteiger partial charge is 0.463 e. The normalized spacial score (nSPS) is 15.8. The van der Waals surface area contributed by atoms with Crippen molar-refractivity contribution in [2.45, 2.75) is 24.3 Å². The molecule has 1 fully saturated rings. The minimum absolute atomic E-state index is 0.0518. The Labute approximate surface area is 189 Å². The van der Waals surface area contributed by atoms with Crippen LogP contribution in [0.25, 0.3) is 5.69 Å². The van der Waals surface area contributed by atoms with Crippen molar-refractivity contribution in [3.63, 3.8) is 0 Å². The van der Waals surface area contributed by atoms with Crippen LogP contribution in [0.2, 0.25) is 0 Å². The number of cyclic esters (lactones) is 1. The van der Waals surface area contributed by atoms with Crippen molar-refractivity contribution in [1.82, 2.24) is 9.36 Å². The predicted molar refractivity (Wildman–Crippen MR) is 118 cm³/mol. The van der Waals surface area contributed by atoms with Crippen molar-refractivity contribution in [1.29, 1.82) is 0 Å². The second-order valence-corrected chi connectivity index (χ2v) is 9.10. The van der Waals surface area contributed by atoms with Crippen molar-refractivity contribution < 1.29 is 27.5 Å². The van der Waals surface area contributed by atoms with E-state index < -0.39 is 33.6 Å². The molecule has 0 aliphatic carbocycles. The van der Waals surface area contributed by atoms with E-state index in [1.54, 1.807) is 42.9 Å². The van der Waals surface area contributed by atoms with Crippen LogP contribution in [-0.4, -0.2) is 42.4 Å². The number of nitrogens with one attached hydrogen (secondary N) is 1. The number of anilines is 1. The number of ether oxygens (including phenoxy) is 2. The summed E-state index contributed by atoms with van der Waals surface area (Å²) in [7, 11) is -2.57. The monoisotopic (exact) mass is 471 g/mol. The summed E-state index contributed by atoms with van der Waals surface area (Å²) in [6.07, 6.45) is -0.773.